The van der Waals surface area contributed by atoms with E-state index >= 15 is 0 Å². The summed E-state index contributed by atoms with van der Waals surface area (Å²) in [6, 6.07) is 10.8. The summed E-state index contributed by atoms with van der Waals surface area (Å²) in [5.41, 5.74) is 1.43. The Kier molecular flexibility index (Phi) is 15.2. The maximum atomic E-state index is 5.62. The number of likely N-dealkylation sites (tertiary alicyclic amines) is 1. The molecular formula is C23H41IN4O. The van der Waals surface area contributed by atoms with Crippen molar-refractivity contribution in [3.63, 3.8) is 0 Å². The van der Waals surface area contributed by atoms with Crippen LogP contribution >= 0.6 is 24.0 Å². The van der Waals surface area contributed by atoms with E-state index < -0.39 is 0 Å². The number of rotatable bonds is 13. The molecule has 0 saturated carbocycles. The molecule has 2 rings (SSSR count). The molecule has 1 aliphatic heterocycles. The van der Waals surface area contributed by atoms with Gasteiger partial charge in [0.25, 0.3) is 0 Å². The number of unbranched alkanes of at least 4 members (excludes halogenated alkanes) is 1. The van der Waals surface area contributed by atoms with E-state index in [1.165, 1.54) is 31.5 Å². The molecule has 1 saturated heterocycles. The Bertz CT molecular complexity index is 541. The first-order chi connectivity index (χ1) is 13.8. The molecule has 1 atom stereocenters. The van der Waals surface area contributed by atoms with Crippen LogP contribution in [0.25, 0.3) is 0 Å². The van der Waals surface area contributed by atoms with Gasteiger partial charge in [0.1, 0.15) is 0 Å². The highest BCUT2D eigenvalue weighted by atomic mass is 127. The molecule has 0 bridgehead atoms. The van der Waals surface area contributed by atoms with Gasteiger partial charge in [-0.2, -0.15) is 0 Å². The lowest BCUT2D eigenvalue weighted by molar-refractivity contribution is 0.129. The molecule has 2 N–H and O–H groups in total. The lowest BCUT2D eigenvalue weighted by atomic mass is 10.1. The Morgan fingerprint density at radius 3 is 2.69 bits per heavy atom. The van der Waals surface area contributed by atoms with Crippen molar-refractivity contribution in [2.45, 2.75) is 46.0 Å². The Morgan fingerprint density at radius 2 is 1.93 bits per heavy atom. The SMILES string of the molecule is CCCCOCCCNC(=NCC1CCN(CCc2ccccc2)C1)NCC.I. The number of nitrogens with zero attached hydrogens (tertiary/aromatic N) is 2. The van der Waals surface area contributed by atoms with Gasteiger partial charge in [0, 0.05) is 45.9 Å². The number of hydrogen-bond acceptors (Lipinski definition) is 3. The minimum atomic E-state index is 0. The quantitative estimate of drug-likeness (QED) is 0.181. The summed E-state index contributed by atoms with van der Waals surface area (Å²) in [5.74, 6) is 1.61. The first kappa shape index (κ1) is 26.2. The predicted molar refractivity (Wildman–Crippen MR) is 134 cm³/mol. The summed E-state index contributed by atoms with van der Waals surface area (Å²) in [5, 5.41) is 6.80. The van der Waals surface area contributed by atoms with E-state index in [-0.39, 0.29) is 24.0 Å². The highest BCUT2D eigenvalue weighted by molar-refractivity contribution is 14.0. The Morgan fingerprint density at radius 1 is 1.14 bits per heavy atom. The fourth-order valence-electron chi connectivity index (χ4n) is 3.49. The van der Waals surface area contributed by atoms with E-state index in [1.54, 1.807) is 0 Å². The zero-order chi connectivity index (χ0) is 19.9. The summed E-state index contributed by atoms with van der Waals surface area (Å²) in [6.07, 6.45) is 5.76. The maximum Gasteiger partial charge on any atom is 0.191 e. The molecule has 0 spiro atoms. The van der Waals surface area contributed by atoms with Crippen LogP contribution in [0.3, 0.4) is 0 Å². The molecule has 0 aromatic heterocycles. The molecule has 0 aliphatic carbocycles. The minimum absolute atomic E-state index is 0. The van der Waals surface area contributed by atoms with Crippen molar-refractivity contribution in [1.82, 2.24) is 15.5 Å². The van der Waals surface area contributed by atoms with E-state index in [2.05, 4.69) is 59.7 Å². The van der Waals surface area contributed by atoms with Crippen molar-refractivity contribution in [2.24, 2.45) is 10.9 Å². The molecule has 1 heterocycles. The monoisotopic (exact) mass is 516 g/mol. The fourth-order valence-corrected chi connectivity index (χ4v) is 3.49. The van der Waals surface area contributed by atoms with Gasteiger partial charge >= 0.3 is 0 Å². The lowest BCUT2D eigenvalue weighted by Crippen LogP contribution is -2.38. The van der Waals surface area contributed by atoms with Gasteiger partial charge in [-0.15, -0.1) is 24.0 Å². The number of benzene rings is 1. The normalized spacial score (nSPS) is 17.2. The zero-order valence-electron chi connectivity index (χ0n) is 18.4. The highest BCUT2D eigenvalue weighted by Crippen LogP contribution is 2.17. The molecule has 6 heteroatoms. The largest absolute Gasteiger partial charge is 0.381 e. The summed E-state index contributed by atoms with van der Waals surface area (Å²) >= 11 is 0. The second kappa shape index (κ2) is 16.9. The van der Waals surface area contributed by atoms with E-state index in [9.17, 15) is 0 Å². The number of aliphatic imine (C=N–C) groups is 1. The van der Waals surface area contributed by atoms with Crippen LogP contribution in [0.5, 0.6) is 0 Å². The summed E-state index contributed by atoms with van der Waals surface area (Å²) in [7, 11) is 0. The van der Waals surface area contributed by atoms with Gasteiger partial charge in [-0.1, -0.05) is 43.7 Å². The maximum absolute atomic E-state index is 5.62. The Balaban J connectivity index is 0.00000420. The van der Waals surface area contributed by atoms with Gasteiger partial charge in [-0.3, -0.25) is 4.99 Å². The fraction of sp³-hybridized carbons (Fsp3) is 0.696. The average molecular weight is 517 g/mol. The minimum Gasteiger partial charge on any atom is -0.381 e. The van der Waals surface area contributed by atoms with Crippen molar-refractivity contribution in [1.29, 1.82) is 0 Å². The van der Waals surface area contributed by atoms with E-state index in [4.69, 9.17) is 9.73 Å². The van der Waals surface area contributed by atoms with Crippen LogP contribution < -0.4 is 10.6 Å². The van der Waals surface area contributed by atoms with E-state index in [0.29, 0.717) is 5.92 Å². The second-order valence-electron chi connectivity index (χ2n) is 7.66. The van der Waals surface area contributed by atoms with Gasteiger partial charge in [-0.25, -0.2) is 0 Å². The van der Waals surface area contributed by atoms with Crippen LogP contribution in [0, 0.1) is 5.92 Å². The van der Waals surface area contributed by atoms with Gasteiger partial charge in [-0.05, 0) is 50.6 Å². The van der Waals surface area contributed by atoms with Gasteiger partial charge in [0.05, 0.1) is 0 Å². The first-order valence-electron chi connectivity index (χ1n) is 11.2. The topological polar surface area (TPSA) is 48.9 Å². The van der Waals surface area contributed by atoms with Gasteiger partial charge < -0.3 is 20.3 Å². The molecule has 166 valence electrons. The van der Waals surface area contributed by atoms with Crippen LogP contribution in [0.2, 0.25) is 0 Å². The number of ether oxygens (including phenoxy) is 1. The van der Waals surface area contributed by atoms with Crippen molar-refractivity contribution in [3.05, 3.63) is 35.9 Å². The molecule has 5 nitrogen and oxygen atoms in total. The molecule has 1 unspecified atom stereocenters. The average Bonchev–Trinajstić information content (AvgIpc) is 3.18. The van der Waals surface area contributed by atoms with E-state index in [0.717, 1.165) is 64.6 Å². The Hall–Kier alpha value is -0.860. The zero-order valence-corrected chi connectivity index (χ0v) is 20.7. The summed E-state index contributed by atoms with van der Waals surface area (Å²) < 4.78 is 5.62. The number of halogens is 1. The third-order valence-electron chi connectivity index (χ3n) is 5.18. The predicted octanol–water partition coefficient (Wildman–Crippen LogP) is 3.93. The third-order valence-corrected chi connectivity index (χ3v) is 5.18. The molecular weight excluding hydrogens is 475 g/mol. The lowest BCUT2D eigenvalue weighted by Gasteiger charge is -2.16. The van der Waals surface area contributed by atoms with E-state index in [1.807, 2.05) is 0 Å². The smallest absolute Gasteiger partial charge is 0.191 e. The van der Waals surface area contributed by atoms with Crippen LogP contribution in [0.4, 0.5) is 0 Å². The molecule has 1 fully saturated rings. The van der Waals surface area contributed by atoms with Gasteiger partial charge in [0.15, 0.2) is 5.96 Å². The Labute approximate surface area is 195 Å². The first-order valence-corrected chi connectivity index (χ1v) is 11.2. The van der Waals surface area contributed by atoms with Crippen LogP contribution in [0.15, 0.2) is 35.3 Å². The molecule has 0 radical (unpaired) electrons. The molecule has 29 heavy (non-hydrogen) atoms. The standard InChI is InChI=1S/C23H40N4O.HI/c1-3-5-17-28-18-9-14-25-23(24-4-2)26-19-22-13-16-27(20-22)15-12-21-10-7-6-8-11-21;/h6-8,10-11,22H,3-5,9,12-20H2,1-2H3,(H2,24,25,26);1H. The summed E-state index contributed by atoms with van der Waals surface area (Å²) in [6.45, 7) is 12.2. The van der Waals surface area contributed by atoms with Crippen molar-refractivity contribution >= 4 is 29.9 Å². The van der Waals surface area contributed by atoms with Crippen LogP contribution in [-0.4, -0.2) is 63.3 Å². The van der Waals surface area contributed by atoms with Crippen molar-refractivity contribution in [2.75, 3.05) is 52.5 Å². The van der Waals surface area contributed by atoms with Gasteiger partial charge in [0.2, 0.25) is 0 Å². The van der Waals surface area contributed by atoms with Crippen molar-refractivity contribution < 1.29 is 4.74 Å². The molecule has 0 amide bonds. The number of guanidine groups is 1. The number of nitrogens with one attached hydrogen (secondary N) is 2. The third kappa shape index (κ3) is 11.8. The van der Waals surface area contributed by atoms with Crippen LogP contribution in [0.1, 0.15) is 45.1 Å². The molecule has 1 aromatic carbocycles. The summed E-state index contributed by atoms with van der Waals surface area (Å²) in [4.78, 5) is 7.41. The second-order valence-corrected chi connectivity index (χ2v) is 7.66. The highest BCUT2D eigenvalue weighted by Gasteiger charge is 2.21. The molecule has 1 aromatic rings. The van der Waals surface area contributed by atoms with Crippen LogP contribution in [-0.2, 0) is 11.2 Å². The van der Waals surface area contributed by atoms with Crippen molar-refractivity contribution in [3.8, 4) is 0 Å². The number of hydrogen-bond donors (Lipinski definition) is 2. The molecule has 1 aliphatic rings.